The fourth-order valence-electron chi connectivity index (χ4n) is 4.26. The van der Waals surface area contributed by atoms with Crippen molar-refractivity contribution in [1.29, 1.82) is 0 Å². The molecule has 1 fully saturated rings. The Hall–Kier alpha value is -2.38. The van der Waals surface area contributed by atoms with Crippen molar-refractivity contribution in [3.8, 4) is 5.75 Å². The number of aromatic carboxylic acids is 1. The first kappa shape index (κ1) is 23.3. The molecule has 0 unspecified atom stereocenters. The van der Waals surface area contributed by atoms with Crippen molar-refractivity contribution in [3.63, 3.8) is 0 Å². The van der Waals surface area contributed by atoms with Gasteiger partial charge in [0.25, 0.3) is 0 Å². The Bertz CT molecular complexity index is 842. The second-order valence-electron chi connectivity index (χ2n) is 8.49. The SMILES string of the molecule is CCCCc1c(C)[nH]c(C(=O)O)c1OCCCCN1CCC(O)(c2ccccn2)CC1. The van der Waals surface area contributed by atoms with Crippen LogP contribution in [0.3, 0.4) is 0 Å². The number of piperidine rings is 1. The molecule has 3 heterocycles. The smallest absolute Gasteiger partial charge is 0.356 e. The van der Waals surface area contributed by atoms with E-state index < -0.39 is 11.6 Å². The number of ether oxygens (including phenoxy) is 1. The van der Waals surface area contributed by atoms with Crippen molar-refractivity contribution in [3.05, 3.63) is 47.0 Å². The summed E-state index contributed by atoms with van der Waals surface area (Å²) in [5.74, 6) is -0.466. The van der Waals surface area contributed by atoms with Gasteiger partial charge in [-0.1, -0.05) is 19.4 Å². The highest BCUT2D eigenvalue weighted by molar-refractivity contribution is 5.89. The van der Waals surface area contributed by atoms with Gasteiger partial charge in [-0.3, -0.25) is 4.98 Å². The van der Waals surface area contributed by atoms with Gasteiger partial charge in [-0.2, -0.15) is 0 Å². The van der Waals surface area contributed by atoms with Crippen molar-refractivity contribution in [2.45, 2.75) is 64.4 Å². The van der Waals surface area contributed by atoms with E-state index in [0.717, 1.165) is 68.7 Å². The number of rotatable bonds is 11. The third-order valence-corrected chi connectivity index (χ3v) is 6.20. The minimum atomic E-state index is -0.977. The number of aromatic amines is 1. The highest BCUT2D eigenvalue weighted by Gasteiger charge is 2.34. The molecule has 3 rings (SSSR count). The number of hydrogen-bond acceptors (Lipinski definition) is 5. The number of aromatic nitrogens is 2. The van der Waals surface area contributed by atoms with Crippen LogP contribution in [-0.2, 0) is 12.0 Å². The lowest BCUT2D eigenvalue weighted by Gasteiger charge is -2.37. The molecular weight excluding hydrogens is 394 g/mol. The van der Waals surface area contributed by atoms with E-state index in [0.29, 0.717) is 25.2 Å². The number of carboxylic acids is 1. The van der Waals surface area contributed by atoms with Gasteiger partial charge in [-0.25, -0.2) is 4.79 Å². The fraction of sp³-hybridized carbons (Fsp3) is 0.583. The molecular formula is C24H35N3O4. The summed E-state index contributed by atoms with van der Waals surface area (Å²) in [5, 5.41) is 20.4. The number of aryl methyl sites for hydroxylation is 1. The van der Waals surface area contributed by atoms with E-state index in [2.05, 4.69) is 21.8 Å². The van der Waals surface area contributed by atoms with Crippen LogP contribution in [0.1, 0.15) is 72.9 Å². The number of nitrogens with zero attached hydrogens (tertiary/aromatic N) is 2. The molecule has 0 spiro atoms. The average molecular weight is 430 g/mol. The summed E-state index contributed by atoms with van der Waals surface area (Å²) in [6, 6.07) is 5.68. The highest BCUT2D eigenvalue weighted by atomic mass is 16.5. The first-order valence-corrected chi connectivity index (χ1v) is 11.4. The van der Waals surface area contributed by atoms with E-state index in [-0.39, 0.29) is 5.69 Å². The number of aliphatic hydroxyl groups is 1. The summed E-state index contributed by atoms with van der Waals surface area (Å²) >= 11 is 0. The Labute approximate surface area is 184 Å². The molecule has 1 saturated heterocycles. The summed E-state index contributed by atoms with van der Waals surface area (Å²) < 4.78 is 5.95. The maximum absolute atomic E-state index is 11.6. The number of pyridine rings is 1. The predicted octanol–water partition coefficient (Wildman–Crippen LogP) is 3.90. The molecule has 0 saturated carbocycles. The lowest BCUT2D eigenvalue weighted by Crippen LogP contribution is -2.43. The van der Waals surface area contributed by atoms with Crippen LogP contribution >= 0.6 is 0 Å². The fourth-order valence-corrected chi connectivity index (χ4v) is 4.26. The Morgan fingerprint density at radius 3 is 2.68 bits per heavy atom. The zero-order valence-corrected chi connectivity index (χ0v) is 18.7. The lowest BCUT2D eigenvalue weighted by atomic mass is 9.87. The molecule has 0 amide bonds. The number of nitrogens with one attached hydrogen (secondary N) is 1. The Morgan fingerprint density at radius 1 is 1.26 bits per heavy atom. The van der Waals surface area contributed by atoms with E-state index in [4.69, 9.17) is 4.74 Å². The number of likely N-dealkylation sites (tertiary alicyclic amines) is 1. The number of unbranched alkanes of at least 4 members (excludes halogenated alkanes) is 2. The molecule has 0 aliphatic carbocycles. The van der Waals surface area contributed by atoms with Crippen LogP contribution in [0.2, 0.25) is 0 Å². The zero-order valence-electron chi connectivity index (χ0n) is 18.7. The maximum atomic E-state index is 11.6. The summed E-state index contributed by atoms with van der Waals surface area (Å²) in [6.07, 6.45) is 7.82. The van der Waals surface area contributed by atoms with Gasteiger partial charge >= 0.3 is 5.97 Å². The molecule has 3 N–H and O–H groups in total. The second kappa shape index (κ2) is 10.8. The maximum Gasteiger partial charge on any atom is 0.356 e. The first-order valence-electron chi connectivity index (χ1n) is 11.4. The van der Waals surface area contributed by atoms with Crippen LogP contribution < -0.4 is 4.74 Å². The van der Waals surface area contributed by atoms with Gasteiger partial charge in [0, 0.05) is 30.5 Å². The number of H-pyrrole nitrogens is 1. The van der Waals surface area contributed by atoms with Gasteiger partial charge in [0.05, 0.1) is 12.3 Å². The topological polar surface area (TPSA) is 98.7 Å². The third kappa shape index (κ3) is 5.86. The monoisotopic (exact) mass is 429 g/mol. The molecule has 2 aromatic heterocycles. The molecule has 0 aromatic carbocycles. The third-order valence-electron chi connectivity index (χ3n) is 6.20. The van der Waals surface area contributed by atoms with Crippen LogP contribution in [0.4, 0.5) is 0 Å². The second-order valence-corrected chi connectivity index (χ2v) is 8.49. The van der Waals surface area contributed by atoms with E-state index in [1.165, 1.54) is 0 Å². The summed E-state index contributed by atoms with van der Waals surface area (Å²) in [5.41, 5.74) is 1.97. The van der Waals surface area contributed by atoms with Crippen LogP contribution in [0.15, 0.2) is 24.4 Å². The van der Waals surface area contributed by atoms with Gasteiger partial charge < -0.3 is 24.8 Å². The van der Waals surface area contributed by atoms with Gasteiger partial charge in [0.2, 0.25) is 0 Å². The Kier molecular flexibility index (Phi) is 8.09. The van der Waals surface area contributed by atoms with Crippen LogP contribution in [0, 0.1) is 6.92 Å². The van der Waals surface area contributed by atoms with Gasteiger partial charge in [0.15, 0.2) is 11.4 Å². The average Bonchev–Trinajstić information content (AvgIpc) is 3.09. The number of hydrogen-bond donors (Lipinski definition) is 3. The quantitative estimate of drug-likeness (QED) is 0.469. The number of carboxylic acid groups (broad SMARTS) is 1. The molecule has 7 heteroatoms. The van der Waals surface area contributed by atoms with Crippen molar-refractivity contribution < 1.29 is 19.7 Å². The highest BCUT2D eigenvalue weighted by Crippen LogP contribution is 2.32. The molecule has 170 valence electrons. The summed E-state index contributed by atoms with van der Waals surface area (Å²) in [7, 11) is 0. The van der Waals surface area contributed by atoms with E-state index in [1.807, 2.05) is 25.1 Å². The van der Waals surface area contributed by atoms with Crippen LogP contribution in [0.25, 0.3) is 0 Å². The molecule has 1 aliphatic heterocycles. The minimum absolute atomic E-state index is 0.161. The Morgan fingerprint density at radius 2 is 2.03 bits per heavy atom. The lowest BCUT2D eigenvalue weighted by molar-refractivity contribution is -0.0296. The molecule has 0 radical (unpaired) electrons. The van der Waals surface area contributed by atoms with Crippen molar-refractivity contribution in [1.82, 2.24) is 14.9 Å². The molecule has 0 atom stereocenters. The standard InChI is InChI=1S/C24H35N3O4/c1-3-4-9-19-18(2)26-21(23(28)29)22(19)31-17-8-7-14-27-15-11-24(30,12-16-27)20-10-5-6-13-25-20/h5-6,10,13,26,30H,3-4,7-9,11-12,14-17H2,1-2H3,(H,28,29). The summed E-state index contributed by atoms with van der Waals surface area (Å²) in [4.78, 5) is 21.2. The van der Waals surface area contributed by atoms with Gasteiger partial charge in [0.1, 0.15) is 5.60 Å². The normalized spacial score (nSPS) is 16.4. The van der Waals surface area contributed by atoms with E-state index >= 15 is 0 Å². The van der Waals surface area contributed by atoms with Crippen LogP contribution in [0.5, 0.6) is 5.75 Å². The molecule has 7 nitrogen and oxygen atoms in total. The molecule has 31 heavy (non-hydrogen) atoms. The van der Waals surface area contributed by atoms with Crippen LogP contribution in [-0.4, -0.2) is 57.3 Å². The van der Waals surface area contributed by atoms with Gasteiger partial charge in [-0.05, 0) is 64.1 Å². The van der Waals surface area contributed by atoms with E-state index in [9.17, 15) is 15.0 Å². The van der Waals surface area contributed by atoms with Crippen molar-refractivity contribution in [2.24, 2.45) is 0 Å². The molecule has 1 aliphatic rings. The molecule has 2 aromatic rings. The van der Waals surface area contributed by atoms with Gasteiger partial charge in [-0.15, -0.1) is 0 Å². The summed E-state index contributed by atoms with van der Waals surface area (Å²) in [6.45, 7) is 7.17. The van der Waals surface area contributed by atoms with E-state index in [1.54, 1.807) is 6.20 Å². The first-order chi connectivity index (χ1) is 14.9. The van der Waals surface area contributed by atoms with Crippen molar-refractivity contribution in [2.75, 3.05) is 26.2 Å². The minimum Gasteiger partial charge on any atom is -0.491 e. The van der Waals surface area contributed by atoms with Crippen molar-refractivity contribution >= 4 is 5.97 Å². The molecule has 0 bridgehead atoms. The number of carbonyl (C=O) groups is 1. The largest absolute Gasteiger partial charge is 0.491 e. The Balaban J connectivity index is 1.44. The zero-order chi connectivity index (χ0) is 22.3. The predicted molar refractivity (Wildman–Crippen MR) is 120 cm³/mol.